The van der Waals surface area contributed by atoms with E-state index in [9.17, 15) is 0 Å². The SMILES string of the molecule is CC(C)(C)c1ccc2c(n1)[n-]c1ccccc12.CC(C)(C)c1ccc2c(n1)[n-]c1ccccc12.CN(C)c1ccc(-c2[c-]cccc2)nc1.CN(C)c1ccc(-c2[c-]cccc2)nc1.[Pt+2].[Pt+2]. The molecule has 0 spiro atoms. The van der Waals surface area contributed by atoms with E-state index in [0.29, 0.717) is 0 Å². The Bertz CT molecular complexity index is 2850. The molecule has 0 aliphatic heterocycles. The topological polar surface area (TPSA) is 86.2 Å². The van der Waals surface area contributed by atoms with Gasteiger partial charge in [-0.15, -0.1) is 71.8 Å². The quantitative estimate of drug-likeness (QED) is 0.161. The molecule has 10 aromatic rings. The molecule has 0 fully saturated rings. The van der Waals surface area contributed by atoms with Crippen molar-refractivity contribution in [3.05, 3.63) is 182 Å². The Morgan fingerprint density at radius 2 is 0.803 bits per heavy atom. The van der Waals surface area contributed by atoms with Crippen LogP contribution < -0.4 is 19.8 Å². The van der Waals surface area contributed by atoms with E-state index in [-0.39, 0.29) is 53.0 Å². The van der Waals surface area contributed by atoms with Gasteiger partial charge in [-0.25, -0.2) is 0 Å². The third kappa shape index (κ3) is 12.7. The van der Waals surface area contributed by atoms with Crippen LogP contribution in [-0.4, -0.2) is 48.1 Å². The summed E-state index contributed by atoms with van der Waals surface area (Å²) in [5.41, 5.74) is 12.3. The summed E-state index contributed by atoms with van der Waals surface area (Å²) in [6.45, 7) is 13.0. The first-order valence-electron chi connectivity index (χ1n) is 21.5. The van der Waals surface area contributed by atoms with Crippen LogP contribution in [0.5, 0.6) is 0 Å². The Morgan fingerprint density at radius 1 is 0.424 bits per heavy atom. The van der Waals surface area contributed by atoms with Gasteiger partial charge in [-0.3, -0.25) is 0 Å². The van der Waals surface area contributed by atoms with Crippen LogP contribution in [0.3, 0.4) is 0 Å². The number of rotatable bonds is 4. The zero-order valence-electron chi connectivity index (χ0n) is 39.2. The minimum atomic E-state index is 0. The first-order chi connectivity index (χ1) is 30.7. The van der Waals surface area contributed by atoms with Crippen molar-refractivity contribution < 1.29 is 42.1 Å². The Morgan fingerprint density at radius 3 is 1.12 bits per heavy atom. The van der Waals surface area contributed by atoms with E-state index >= 15 is 0 Å². The van der Waals surface area contributed by atoms with Gasteiger partial charge in [0.15, 0.2) is 0 Å². The number of nitrogens with zero attached hydrogens (tertiary/aromatic N) is 8. The van der Waals surface area contributed by atoms with Gasteiger partial charge >= 0.3 is 42.1 Å². The maximum atomic E-state index is 4.67. The van der Waals surface area contributed by atoms with Crippen molar-refractivity contribution in [3.63, 3.8) is 0 Å². The predicted octanol–water partition coefficient (Wildman–Crippen LogP) is 12.5. The van der Waals surface area contributed by atoms with Crippen LogP contribution >= 0.6 is 0 Å². The smallest absolute Gasteiger partial charge is 0.439 e. The maximum absolute atomic E-state index is 4.67. The fourth-order valence-corrected chi connectivity index (χ4v) is 6.87. The van der Waals surface area contributed by atoms with Crippen molar-refractivity contribution in [2.45, 2.75) is 52.4 Å². The van der Waals surface area contributed by atoms with E-state index in [1.54, 1.807) is 0 Å². The molecule has 0 atom stereocenters. The number of hydrogen-bond donors (Lipinski definition) is 0. The molecule has 0 unspecified atom stereocenters. The summed E-state index contributed by atoms with van der Waals surface area (Å²) in [4.78, 5) is 31.4. The fourth-order valence-electron chi connectivity index (χ4n) is 6.87. The van der Waals surface area contributed by atoms with Gasteiger partial charge in [-0.1, -0.05) is 149 Å². The summed E-state index contributed by atoms with van der Waals surface area (Å²) in [6, 6.07) is 55.1. The zero-order chi connectivity index (χ0) is 45.4. The first kappa shape index (κ1) is 51.0. The normalized spacial score (nSPS) is 10.9. The first-order valence-corrected chi connectivity index (χ1v) is 21.5. The van der Waals surface area contributed by atoms with Gasteiger partial charge in [-0.2, -0.15) is 0 Å². The average Bonchev–Trinajstić information content (AvgIpc) is 3.88. The van der Waals surface area contributed by atoms with Gasteiger partial charge in [0.1, 0.15) is 0 Å². The van der Waals surface area contributed by atoms with Gasteiger partial charge in [0.25, 0.3) is 0 Å². The number of pyridine rings is 4. The molecule has 4 aromatic carbocycles. The molecule has 0 bridgehead atoms. The number of benzene rings is 4. The molecule has 0 amide bonds. The van der Waals surface area contributed by atoms with Crippen molar-refractivity contribution in [2.24, 2.45) is 0 Å². The molecule has 0 aliphatic carbocycles. The zero-order valence-corrected chi connectivity index (χ0v) is 43.8. The molecule has 0 radical (unpaired) electrons. The van der Waals surface area contributed by atoms with Crippen molar-refractivity contribution in [1.82, 2.24) is 29.9 Å². The number of aromatic nitrogens is 6. The van der Waals surface area contributed by atoms with Crippen molar-refractivity contribution >= 4 is 55.2 Å². The molecule has 66 heavy (non-hydrogen) atoms. The second-order valence-corrected chi connectivity index (χ2v) is 18.0. The molecule has 0 saturated heterocycles. The van der Waals surface area contributed by atoms with Crippen LogP contribution in [-0.2, 0) is 53.0 Å². The molecular weight excluding hydrogens is 1170 g/mol. The van der Waals surface area contributed by atoms with Gasteiger partial charge in [0.2, 0.25) is 0 Å². The second kappa shape index (κ2) is 22.5. The minimum absolute atomic E-state index is 0. The summed E-state index contributed by atoms with van der Waals surface area (Å²) >= 11 is 0. The molecule has 0 N–H and O–H groups in total. The third-order valence-corrected chi connectivity index (χ3v) is 10.6. The number of para-hydroxylation sites is 2. The summed E-state index contributed by atoms with van der Waals surface area (Å²) in [5.74, 6) is 0. The van der Waals surface area contributed by atoms with Gasteiger partial charge in [-0.05, 0) is 66.9 Å². The van der Waals surface area contributed by atoms with Crippen LogP contribution in [0, 0.1) is 12.1 Å². The summed E-state index contributed by atoms with van der Waals surface area (Å²) in [7, 11) is 8.02. The van der Waals surface area contributed by atoms with E-state index in [0.717, 1.165) is 78.4 Å². The van der Waals surface area contributed by atoms with Crippen LogP contribution in [0.2, 0.25) is 0 Å². The number of hydrogen-bond acceptors (Lipinski definition) is 6. The van der Waals surface area contributed by atoms with E-state index in [1.807, 2.05) is 147 Å². The maximum Gasteiger partial charge on any atom is 2.00 e. The summed E-state index contributed by atoms with van der Waals surface area (Å²) in [5, 5.41) is 4.67. The van der Waals surface area contributed by atoms with E-state index < -0.39 is 0 Å². The molecule has 0 aliphatic rings. The third-order valence-electron chi connectivity index (χ3n) is 10.6. The molecule has 0 saturated carbocycles. The van der Waals surface area contributed by atoms with Crippen molar-refractivity contribution in [1.29, 1.82) is 0 Å². The fraction of sp³-hybridized carbons (Fsp3) is 0.214. The summed E-state index contributed by atoms with van der Waals surface area (Å²) in [6.07, 6.45) is 3.74. The Labute approximate surface area is 418 Å². The van der Waals surface area contributed by atoms with E-state index in [4.69, 9.17) is 0 Å². The second-order valence-electron chi connectivity index (χ2n) is 18.0. The van der Waals surface area contributed by atoms with E-state index in [1.165, 1.54) is 10.8 Å². The molecule has 8 nitrogen and oxygen atoms in total. The monoisotopic (exact) mass is 1230 g/mol. The van der Waals surface area contributed by atoms with Gasteiger partial charge in [0, 0.05) is 40.6 Å². The van der Waals surface area contributed by atoms with Crippen molar-refractivity contribution in [2.75, 3.05) is 38.0 Å². The largest absolute Gasteiger partial charge is 2.00 e. The standard InChI is InChI=1S/2C15H15N2.2C13H13N2.2Pt/c2*1-15(2,3)13-9-8-11-10-6-4-5-7-12(10)16-14(11)17-13;2*1-15(2)12-8-9-13(14-10-12)11-6-4-3-5-7-11;;/h2*4-9H,1-3H3;2*3-6,8-10H,1-2H3;;/q4*-1;2*+2. The average molecular weight is 1230 g/mol. The molecule has 10 rings (SSSR count). The van der Waals surface area contributed by atoms with Crippen LogP contribution in [0.25, 0.3) is 66.4 Å². The van der Waals surface area contributed by atoms with Crippen LogP contribution in [0.1, 0.15) is 52.9 Å². The molecule has 6 heterocycles. The van der Waals surface area contributed by atoms with E-state index in [2.05, 4.69) is 132 Å². The van der Waals surface area contributed by atoms with Crippen molar-refractivity contribution in [3.8, 4) is 22.5 Å². The summed E-state index contributed by atoms with van der Waals surface area (Å²) < 4.78 is 0. The van der Waals surface area contributed by atoms with Crippen LogP contribution in [0.15, 0.2) is 158 Å². The van der Waals surface area contributed by atoms with Gasteiger partial charge < -0.3 is 39.7 Å². The predicted molar refractivity (Wildman–Crippen MR) is 268 cm³/mol. The molecule has 6 aromatic heterocycles. The molecular formula is C56H56N8Pt2. The van der Waals surface area contributed by atoms with Crippen LogP contribution in [0.4, 0.5) is 11.4 Å². The molecule has 10 heteroatoms. The Hall–Kier alpha value is -5.94. The minimum Gasteiger partial charge on any atom is -0.439 e. The molecule has 340 valence electrons. The Balaban J connectivity index is 0.000000164. The number of anilines is 2. The van der Waals surface area contributed by atoms with Gasteiger partial charge in [0.05, 0.1) is 11.4 Å². The number of fused-ring (bicyclic) bond motifs is 6. The Kier molecular flexibility index (Phi) is 17.4.